The number of benzene rings is 2. The molecule has 0 saturated carbocycles. The van der Waals surface area contributed by atoms with Crippen LogP contribution in [0.2, 0.25) is 5.02 Å². The van der Waals surface area contributed by atoms with Gasteiger partial charge in [-0.25, -0.2) is 0 Å². The minimum Gasteiger partial charge on any atom is -0.496 e. The zero-order chi connectivity index (χ0) is 21.1. The summed E-state index contributed by atoms with van der Waals surface area (Å²) < 4.78 is 17.2. The standard InChI is InChI=1S/C22H20ClN3O3S/c1-3-26-20-7-4-14(8-15(20)12-24-26)13-29-22(27)11-17-10-19(25-30-17)18-6-5-16(23)9-21(18)28-2/h4-10,12H,3,11,13H2,1-2H3. The monoisotopic (exact) mass is 441 g/mol. The molecule has 0 saturated heterocycles. The van der Waals surface area contributed by atoms with Gasteiger partial charge in [0.25, 0.3) is 0 Å². The van der Waals surface area contributed by atoms with E-state index in [-0.39, 0.29) is 19.0 Å². The van der Waals surface area contributed by atoms with Crippen molar-refractivity contribution in [1.29, 1.82) is 0 Å². The van der Waals surface area contributed by atoms with E-state index in [1.807, 2.05) is 41.2 Å². The van der Waals surface area contributed by atoms with E-state index >= 15 is 0 Å². The van der Waals surface area contributed by atoms with Crippen molar-refractivity contribution in [2.24, 2.45) is 0 Å². The largest absolute Gasteiger partial charge is 0.496 e. The first kappa shape index (κ1) is 20.4. The summed E-state index contributed by atoms with van der Waals surface area (Å²) in [7, 11) is 1.59. The van der Waals surface area contributed by atoms with Gasteiger partial charge in [0.05, 0.1) is 30.9 Å². The van der Waals surface area contributed by atoms with Crippen molar-refractivity contribution in [3.05, 3.63) is 64.1 Å². The first-order chi connectivity index (χ1) is 14.6. The highest BCUT2D eigenvalue weighted by atomic mass is 35.5. The number of aryl methyl sites for hydroxylation is 1. The molecule has 0 radical (unpaired) electrons. The molecule has 0 bridgehead atoms. The number of hydrogen-bond donors (Lipinski definition) is 0. The summed E-state index contributed by atoms with van der Waals surface area (Å²) in [4.78, 5) is 13.1. The van der Waals surface area contributed by atoms with E-state index in [9.17, 15) is 4.79 Å². The van der Waals surface area contributed by atoms with Gasteiger partial charge in [-0.3, -0.25) is 9.48 Å². The van der Waals surface area contributed by atoms with Gasteiger partial charge in [-0.2, -0.15) is 9.47 Å². The summed E-state index contributed by atoms with van der Waals surface area (Å²) in [6.45, 7) is 3.09. The summed E-state index contributed by atoms with van der Waals surface area (Å²) >= 11 is 7.29. The van der Waals surface area contributed by atoms with Crippen LogP contribution in [0.1, 0.15) is 17.4 Å². The number of ether oxygens (including phenoxy) is 2. The number of fused-ring (bicyclic) bond motifs is 1. The van der Waals surface area contributed by atoms with E-state index in [2.05, 4.69) is 16.4 Å². The molecule has 0 aliphatic heterocycles. The molecule has 0 aliphatic carbocycles. The van der Waals surface area contributed by atoms with E-state index in [0.717, 1.165) is 39.1 Å². The minimum atomic E-state index is -0.294. The topological polar surface area (TPSA) is 66.2 Å². The Hall–Kier alpha value is -2.90. The van der Waals surface area contributed by atoms with Gasteiger partial charge in [-0.05, 0) is 60.4 Å². The summed E-state index contributed by atoms with van der Waals surface area (Å²) in [6.07, 6.45) is 2.00. The molecule has 0 atom stereocenters. The molecule has 2 aromatic carbocycles. The molecule has 6 nitrogen and oxygen atoms in total. The number of methoxy groups -OCH3 is 1. The third-order valence-corrected chi connectivity index (χ3v) is 5.74. The number of aromatic nitrogens is 3. The van der Waals surface area contributed by atoms with Crippen molar-refractivity contribution in [3.8, 4) is 17.0 Å². The van der Waals surface area contributed by atoms with Gasteiger partial charge in [0, 0.05) is 27.4 Å². The Morgan fingerprint density at radius 3 is 2.87 bits per heavy atom. The average Bonchev–Trinajstić information content (AvgIpc) is 3.38. The number of halogens is 1. The van der Waals surface area contributed by atoms with E-state index in [1.54, 1.807) is 19.2 Å². The Morgan fingerprint density at radius 1 is 1.20 bits per heavy atom. The summed E-state index contributed by atoms with van der Waals surface area (Å²) in [5.74, 6) is 0.348. The van der Waals surface area contributed by atoms with Crippen LogP contribution < -0.4 is 4.74 Å². The maximum atomic E-state index is 12.3. The summed E-state index contributed by atoms with van der Waals surface area (Å²) in [5.41, 5.74) is 3.58. The Labute approximate surface area is 183 Å². The van der Waals surface area contributed by atoms with Crippen molar-refractivity contribution in [3.63, 3.8) is 0 Å². The minimum absolute atomic E-state index is 0.170. The highest BCUT2D eigenvalue weighted by Gasteiger charge is 2.14. The Morgan fingerprint density at radius 2 is 2.07 bits per heavy atom. The summed E-state index contributed by atoms with van der Waals surface area (Å²) in [5, 5.41) is 5.97. The SMILES string of the molecule is CCn1ncc2cc(COC(=O)Cc3cc(-c4ccc(Cl)cc4OC)ns3)ccc21. The van der Waals surface area contributed by atoms with Crippen LogP contribution in [0, 0.1) is 0 Å². The molecular weight excluding hydrogens is 422 g/mol. The second-order valence-electron chi connectivity index (χ2n) is 6.71. The fourth-order valence-corrected chi connectivity index (χ4v) is 4.11. The molecule has 30 heavy (non-hydrogen) atoms. The molecule has 0 aliphatic rings. The van der Waals surface area contributed by atoms with Crippen LogP contribution in [0.25, 0.3) is 22.2 Å². The van der Waals surface area contributed by atoms with Crippen LogP contribution in [-0.4, -0.2) is 27.2 Å². The maximum absolute atomic E-state index is 12.3. The van der Waals surface area contributed by atoms with Gasteiger partial charge in [-0.1, -0.05) is 17.7 Å². The van der Waals surface area contributed by atoms with E-state index in [4.69, 9.17) is 21.1 Å². The zero-order valence-corrected chi connectivity index (χ0v) is 18.2. The van der Waals surface area contributed by atoms with Crippen molar-refractivity contribution in [2.75, 3.05) is 7.11 Å². The molecule has 0 amide bonds. The first-order valence-corrected chi connectivity index (χ1v) is 10.6. The third-order valence-electron chi connectivity index (χ3n) is 4.72. The molecule has 4 rings (SSSR count). The van der Waals surface area contributed by atoms with E-state index < -0.39 is 0 Å². The molecule has 8 heteroatoms. The predicted molar refractivity (Wildman–Crippen MR) is 118 cm³/mol. The molecule has 0 spiro atoms. The zero-order valence-electron chi connectivity index (χ0n) is 16.6. The Kier molecular flexibility index (Phi) is 6.01. The first-order valence-electron chi connectivity index (χ1n) is 9.47. The number of carbonyl (C=O) groups is 1. The number of nitrogens with zero attached hydrogens (tertiary/aromatic N) is 3. The van der Waals surface area contributed by atoms with Crippen molar-refractivity contribution >= 4 is 40.0 Å². The van der Waals surface area contributed by atoms with Gasteiger partial charge in [-0.15, -0.1) is 0 Å². The number of rotatable bonds is 7. The van der Waals surface area contributed by atoms with Crippen LogP contribution in [0.5, 0.6) is 5.75 Å². The van der Waals surface area contributed by atoms with Crippen molar-refractivity contribution in [1.82, 2.24) is 14.2 Å². The fraction of sp³-hybridized carbons (Fsp3) is 0.227. The van der Waals surface area contributed by atoms with Crippen LogP contribution in [0.4, 0.5) is 0 Å². The molecule has 2 heterocycles. The molecule has 154 valence electrons. The molecule has 4 aromatic rings. The normalized spacial score (nSPS) is 11.0. The van der Waals surface area contributed by atoms with Crippen LogP contribution in [0.3, 0.4) is 0 Å². The quantitative estimate of drug-likeness (QED) is 0.372. The molecule has 0 unspecified atom stereocenters. The van der Waals surface area contributed by atoms with E-state index in [1.165, 1.54) is 11.5 Å². The highest BCUT2D eigenvalue weighted by molar-refractivity contribution is 7.06. The van der Waals surface area contributed by atoms with Crippen LogP contribution in [-0.2, 0) is 29.1 Å². The van der Waals surface area contributed by atoms with Crippen molar-refractivity contribution < 1.29 is 14.3 Å². The fourth-order valence-electron chi connectivity index (χ4n) is 3.24. The lowest BCUT2D eigenvalue weighted by Crippen LogP contribution is -2.07. The van der Waals surface area contributed by atoms with Gasteiger partial charge in [0.15, 0.2) is 0 Å². The molecule has 2 aromatic heterocycles. The molecule has 0 N–H and O–H groups in total. The molecular formula is C22H20ClN3O3S. The lowest BCUT2D eigenvalue weighted by Gasteiger charge is -2.06. The van der Waals surface area contributed by atoms with Crippen LogP contribution >= 0.6 is 23.1 Å². The Balaban J connectivity index is 1.39. The van der Waals surface area contributed by atoms with Crippen LogP contribution in [0.15, 0.2) is 48.7 Å². The number of hydrogen-bond acceptors (Lipinski definition) is 6. The second-order valence-corrected chi connectivity index (χ2v) is 8.04. The smallest absolute Gasteiger partial charge is 0.311 e. The van der Waals surface area contributed by atoms with Crippen molar-refractivity contribution in [2.45, 2.75) is 26.5 Å². The van der Waals surface area contributed by atoms with Gasteiger partial charge in [0.2, 0.25) is 0 Å². The van der Waals surface area contributed by atoms with Gasteiger partial charge in [0.1, 0.15) is 12.4 Å². The predicted octanol–water partition coefficient (Wildman–Crippen LogP) is 5.13. The maximum Gasteiger partial charge on any atom is 0.311 e. The molecule has 0 fully saturated rings. The highest BCUT2D eigenvalue weighted by Crippen LogP contribution is 2.33. The average molecular weight is 442 g/mol. The van der Waals surface area contributed by atoms with Gasteiger partial charge < -0.3 is 9.47 Å². The van der Waals surface area contributed by atoms with E-state index in [0.29, 0.717) is 10.8 Å². The lowest BCUT2D eigenvalue weighted by molar-refractivity contribution is -0.144. The Bertz CT molecular complexity index is 1200. The number of carbonyl (C=O) groups excluding carboxylic acids is 1. The lowest BCUT2D eigenvalue weighted by atomic mass is 10.1. The number of esters is 1. The van der Waals surface area contributed by atoms with Gasteiger partial charge >= 0.3 is 5.97 Å². The third kappa shape index (κ3) is 4.32. The summed E-state index contributed by atoms with van der Waals surface area (Å²) in [6, 6.07) is 13.2. The second kappa shape index (κ2) is 8.85.